The van der Waals surface area contributed by atoms with Gasteiger partial charge in [0.2, 0.25) is 0 Å². The van der Waals surface area contributed by atoms with Crippen LogP contribution < -0.4 is 0 Å². The monoisotopic (exact) mass is 284 g/mol. The maximum atomic E-state index is 4.36. The molecule has 0 bridgehead atoms. The molecule has 0 aliphatic carbocycles. The van der Waals surface area contributed by atoms with Crippen LogP contribution in [-0.2, 0) is 0 Å². The van der Waals surface area contributed by atoms with Gasteiger partial charge in [-0.25, -0.2) is 0 Å². The van der Waals surface area contributed by atoms with Gasteiger partial charge in [0.05, 0.1) is 11.4 Å². The Balaban J connectivity index is 1.84. The quantitative estimate of drug-likeness (QED) is 0.398. The Kier molecular flexibility index (Phi) is 4.53. The molecule has 0 fully saturated rings. The lowest BCUT2D eigenvalue weighted by molar-refractivity contribution is 1.23. The number of benzene rings is 3. The van der Waals surface area contributed by atoms with E-state index in [4.69, 9.17) is 0 Å². The van der Waals surface area contributed by atoms with Crippen molar-refractivity contribution in [2.75, 3.05) is 0 Å². The number of nitrogens with zero attached hydrogens (tertiary/aromatic N) is 2. The highest BCUT2D eigenvalue weighted by Gasteiger charge is 1.97. The van der Waals surface area contributed by atoms with Crippen molar-refractivity contribution in [1.29, 1.82) is 0 Å². The third kappa shape index (κ3) is 3.76. The van der Waals surface area contributed by atoms with Gasteiger partial charge < -0.3 is 0 Å². The van der Waals surface area contributed by atoms with Gasteiger partial charge in [0.15, 0.2) is 0 Å². The lowest BCUT2D eigenvalue weighted by atomic mass is 10.1. The Hall–Kier alpha value is -3.00. The first kappa shape index (κ1) is 14.0. The first-order valence-electron chi connectivity index (χ1n) is 7.21. The van der Waals surface area contributed by atoms with Crippen LogP contribution in [0, 0.1) is 0 Å². The normalized spacial score (nSPS) is 11.3. The Bertz CT molecular complexity index is 707. The second-order valence-corrected chi connectivity index (χ2v) is 4.84. The lowest BCUT2D eigenvalue weighted by Crippen LogP contribution is -1.74. The van der Waals surface area contributed by atoms with Gasteiger partial charge in [-0.2, -0.15) is 5.11 Å². The third-order valence-corrected chi connectivity index (χ3v) is 3.22. The smallest absolute Gasteiger partial charge is 0.0929 e. The molecule has 106 valence electrons. The molecule has 0 aliphatic heterocycles. The Morgan fingerprint density at radius 1 is 0.545 bits per heavy atom. The Labute approximate surface area is 130 Å². The number of azo groups is 1. The van der Waals surface area contributed by atoms with E-state index in [1.807, 2.05) is 72.8 Å². The lowest BCUT2D eigenvalue weighted by Gasteiger charge is -1.99. The van der Waals surface area contributed by atoms with Crippen LogP contribution in [0.5, 0.6) is 0 Å². The first-order chi connectivity index (χ1) is 10.9. The third-order valence-electron chi connectivity index (χ3n) is 3.22. The Morgan fingerprint density at radius 3 is 1.95 bits per heavy atom. The van der Waals surface area contributed by atoms with Crippen molar-refractivity contribution in [2.45, 2.75) is 0 Å². The zero-order valence-electron chi connectivity index (χ0n) is 12.1. The molecule has 0 spiro atoms. The second kappa shape index (κ2) is 7.14. The van der Waals surface area contributed by atoms with Gasteiger partial charge in [-0.1, -0.05) is 78.9 Å². The van der Waals surface area contributed by atoms with Crippen molar-refractivity contribution in [3.8, 4) is 0 Å². The molecule has 2 heteroatoms. The second-order valence-electron chi connectivity index (χ2n) is 4.84. The van der Waals surface area contributed by atoms with E-state index in [-0.39, 0.29) is 0 Å². The summed E-state index contributed by atoms with van der Waals surface area (Å²) < 4.78 is 0. The van der Waals surface area contributed by atoms with Crippen LogP contribution in [0.25, 0.3) is 12.2 Å². The van der Waals surface area contributed by atoms with E-state index in [9.17, 15) is 0 Å². The zero-order chi connectivity index (χ0) is 15.0. The molecule has 0 aromatic heterocycles. The largest absolute Gasteiger partial charge is 0.151 e. The van der Waals surface area contributed by atoms with Gasteiger partial charge in [-0.05, 0) is 23.8 Å². The van der Waals surface area contributed by atoms with Gasteiger partial charge in [0.1, 0.15) is 0 Å². The maximum absolute atomic E-state index is 4.36. The molecule has 0 amide bonds. The molecule has 2 nitrogen and oxygen atoms in total. The molecule has 0 aliphatic rings. The predicted molar refractivity (Wildman–Crippen MR) is 92.4 cm³/mol. The molecule has 3 aromatic carbocycles. The molecule has 0 saturated carbocycles. The van der Waals surface area contributed by atoms with Crippen LogP contribution in [-0.4, -0.2) is 0 Å². The van der Waals surface area contributed by atoms with Crippen LogP contribution in [0.2, 0.25) is 0 Å². The van der Waals surface area contributed by atoms with E-state index in [0.717, 1.165) is 22.5 Å². The maximum Gasteiger partial charge on any atom is 0.0929 e. The molecular weight excluding hydrogens is 268 g/mol. The fraction of sp³-hybridized carbons (Fsp3) is 0. The molecule has 0 saturated heterocycles. The van der Waals surface area contributed by atoms with Crippen LogP contribution in [0.4, 0.5) is 11.4 Å². The van der Waals surface area contributed by atoms with Crippen LogP contribution in [0.1, 0.15) is 11.1 Å². The molecule has 0 heterocycles. The van der Waals surface area contributed by atoms with Crippen LogP contribution in [0.3, 0.4) is 0 Å². The summed E-state index contributed by atoms with van der Waals surface area (Å²) in [5, 5.41) is 8.65. The van der Waals surface area contributed by atoms with E-state index in [2.05, 4.69) is 34.5 Å². The van der Waals surface area contributed by atoms with Gasteiger partial charge in [0, 0.05) is 5.56 Å². The van der Waals surface area contributed by atoms with Crippen molar-refractivity contribution in [1.82, 2.24) is 0 Å². The van der Waals surface area contributed by atoms with Gasteiger partial charge >= 0.3 is 0 Å². The van der Waals surface area contributed by atoms with Crippen molar-refractivity contribution < 1.29 is 0 Å². The standard InChI is InChI=1S/C20H16N2/c1-3-9-17(10-4-1)15-16-18-11-7-8-14-20(18)22-21-19-12-5-2-6-13-19/h1-16H/b16-15+,22-21?. The molecular formula is C20H16N2. The highest BCUT2D eigenvalue weighted by Crippen LogP contribution is 2.23. The van der Waals surface area contributed by atoms with E-state index >= 15 is 0 Å². The van der Waals surface area contributed by atoms with Crippen LogP contribution >= 0.6 is 0 Å². The van der Waals surface area contributed by atoms with Crippen molar-refractivity contribution in [2.24, 2.45) is 10.2 Å². The van der Waals surface area contributed by atoms with E-state index < -0.39 is 0 Å². The van der Waals surface area contributed by atoms with Crippen molar-refractivity contribution in [3.05, 3.63) is 96.1 Å². The molecule has 3 rings (SSSR count). The minimum absolute atomic E-state index is 0.851. The summed E-state index contributed by atoms with van der Waals surface area (Å²) in [7, 11) is 0. The predicted octanol–water partition coefficient (Wildman–Crippen LogP) is 6.27. The topological polar surface area (TPSA) is 24.7 Å². The molecule has 0 radical (unpaired) electrons. The average molecular weight is 284 g/mol. The van der Waals surface area contributed by atoms with Gasteiger partial charge in [-0.15, -0.1) is 5.11 Å². The van der Waals surface area contributed by atoms with Gasteiger partial charge in [0.25, 0.3) is 0 Å². The highest BCUT2D eigenvalue weighted by atomic mass is 15.1. The summed E-state index contributed by atoms with van der Waals surface area (Å²) in [5.74, 6) is 0. The minimum Gasteiger partial charge on any atom is -0.151 e. The Morgan fingerprint density at radius 2 is 1.18 bits per heavy atom. The number of hydrogen-bond donors (Lipinski definition) is 0. The minimum atomic E-state index is 0.851. The van der Waals surface area contributed by atoms with Crippen molar-refractivity contribution in [3.63, 3.8) is 0 Å². The summed E-state index contributed by atoms with van der Waals surface area (Å²) in [6.07, 6.45) is 4.14. The fourth-order valence-corrected chi connectivity index (χ4v) is 2.08. The zero-order valence-corrected chi connectivity index (χ0v) is 12.1. The van der Waals surface area contributed by atoms with E-state index in [1.165, 1.54) is 0 Å². The van der Waals surface area contributed by atoms with Crippen molar-refractivity contribution >= 4 is 23.5 Å². The molecule has 3 aromatic rings. The first-order valence-corrected chi connectivity index (χ1v) is 7.21. The SMILES string of the molecule is C(=C\c1ccccc1N=Nc1ccccc1)/c1ccccc1. The molecule has 22 heavy (non-hydrogen) atoms. The summed E-state index contributed by atoms with van der Waals surface area (Å²) in [4.78, 5) is 0. The average Bonchev–Trinajstić information content (AvgIpc) is 2.61. The summed E-state index contributed by atoms with van der Waals surface area (Å²) in [6.45, 7) is 0. The summed E-state index contributed by atoms with van der Waals surface area (Å²) >= 11 is 0. The summed E-state index contributed by atoms with van der Waals surface area (Å²) in [5.41, 5.74) is 3.92. The fourth-order valence-electron chi connectivity index (χ4n) is 2.08. The highest BCUT2D eigenvalue weighted by molar-refractivity contribution is 5.75. The van der Waals surface area contributed by atoms with Crippen LogP contribution in [0.15, 0.2) is 95.2 Å². The van der Waals surface area contributed by atoms with Gasteiger partial charge in [-0.3, -0.25) is 0 Å². The number of rotatable bonds is 4. The molecule has 0 N–H and O–H groups in total. The van der Waals surface area contributed by atoms with E-state index in [1.54, 1.807) is 0 Å². The molecule has 0 unspecified atom stereocenters. The summed E-state index contributed by atoms with van der Waals surface area (Å²) in [6, 6.07) is 28.0. The number of hydrogen-bond acceptors (Lipinski definition) is 2. The van der Waals surface area contributed by atoms with E-state index in [0.29, 0.717) is 0 Å². The molecule has 0 atom stereocenters.